The summed E-state index contributed by atoms with van der Waals surface area (Å²) in [6.45, 7) is 2.58. The Morgan fingerprint density at radius 3 is 2.61 bits per heavy atom. The van der Waals surface area contributed by atoms with E-state index in [1.165, 1.54) is 0 Å². The Balaban J connectivity index is 1.69. The number of fused-ring (bicyclic) bond motifs is 1. The first-order valence-corrected chi connectivity index (χ1v) is 11.4. The zero-order chi connectivity index (χ0) is 22.8. The number of Topliss-reactive ketones (excluding diaryl/α,β-unsaturated/α-hetero) is 1. The predicted octanol–water partition coefficient (Wildman–Crippen LogP) is 5.77. The second kappa shape index (κ2) is 8.98. The van der Waals surface area contributed by atoms with Crippen LogP contribution in [0.15, 0.2) is 88.7 Å². The van der Waals surface area contributed by atoms with Crippen LogP contribution in [0.4, 0.5) is 16.2 Å². The van der Waals surface area contributed by atoms with Gasteiger partial charge in [0.2, 0.25) is 0 Å². The number of carbonyl (C=O) groups is 2. The highest BCUT2D eigenvalue weighted by molar-refractivity contribution is 6.06. The van der Waals surface area contributed by atoms with Crippen LogP contribution in [-0.2, 0) is 4.79 Å². The minimum Gasteiger partial charge on any atom is -0.469 e. The average molecular weight is 442 g/mol. The van der Waals surface area contributed by atoms with Crippen LogP contribution in [0.5, 0.6) is 0 Å². The van der Waals surface area contributed by atoms with Gasteiger partial charge in [0.1, 0.15) is 5.76 Å². The van der Waals surface area contributed by atoms with Crippen molar-refractivity contribution in [2.24, 2.45) is 0 Å². The molecule has 33 heavy (non-hydrogen) atoms. The van der Waals surface area contributed by atoms with E-state index in [0.29, 0.717) is 25.0 Å². The standard InChI is InChI=1S/C27H27N3O3/c1-2-14-28-27(32)30-22-12-7-6-11-20(22)29-21-16-19(24-13-8-15-33-24)17-23(31)25(21)26(30)18-9-4-3-5-10-18/h3-13,15,19,26,29H,2,14,16-17H2,1H3,(H,28,32). The number of benzene rings is 2. The fraction of sp³-hybridized carbons (Fsp3) is 0.259. The first-order valence-electron chi connectivity index (χ1n) is 11.4. The molecule has 2 atom stereocenters. The lowest BCUT2D eigenvalue weighted by molar-refractivity contribution is -0.116. The summed E-state index contributed by atoms with van der Waals surface area (Å²) in [7, 11) is 0. The molecule has 2 aromatic carbocycles. The maximum absolute atomic E-state index is 13.7. The molecular formula is C27H27N3O3. The molecule has 3 aromatic rings. The van der Waals surface area contributed by atoms with Crippen LogP contribution < -0.4 is 15.5 Å². The number of amides is 2. The van der Waals surface area contributed by atoms with E-state index < -0.39 is 6.04 Å². The molecule has 2 aliphatic rings. The molecule has 5 rings (SSSR count). The van der Waals surface area contributed by atoms with E-state index in [0.717, 1.165) is 34.8 Å². The highest BCUT2D eigenvalue weighted by Gasteiger charge is 2.42. The minimum absolute atomic E-state index is 0.0279. The van der Waals surface area contributed by atoms with Crippen LogP contribution >= 0.6 is 0 Å². The van der Waals surface area contributed by atoms with Gasteiger partial charge in [-0.25, -0.2) is 4.79 Å². The number of carbonyl (C=O) groups excluding carboxylic acids is 2. The third-order valence-corrected chi connectivity index (χ3v) is 6.29. The smallest absolute Gasteiger partial charge is 0.322 e. The summed E-state index contributed by atoms with van der Waals surface area (Å²) in [5.74, 6) is 0.797. The minimum atomic E-state index is -0.528. The topological polar surface area (TPSA) is 74.6 Å². The van der Waals surface area contributed by atoms with Gasteiger partial charge in [-0.3, -0.25) is 9.69 Å². The summed E-state index contributed by atoms with van der Waals surface area (Å²) in [4.78, 5) is 29.0. The molecule has 0 saturated heterocycles. The molecule has 168 valence electrons. The molecule has 0 fully saturated rings. The molecule has 2 unspecified atom stereocenters. The molecule has 2 amide bonds. The summed E-state index contributed by atoms with van der Waals surface area (Å²) >= 11 is 0. The fourth-order valence-corrected chi connectivity index (χ4v) is 4.81. The first-order chi connectivity index (χ1) is 16.2. The van der Waals surface area contributed by atoms with Crippen molar-refractivity contribution in [3.8, 4) is 0 Å². The molecule has 0 saturated carbocycles. The van der Waals surface area contributed by atoms with Crippen LogP contribution in [-0.4, -0.2) is 18.4 Å². The van der Waals surface area contributed by atoms with E-state index >= 15 is 0 Å². The Hall–Kier alpha value is -3.80. The van der Waals surface area contributed by atoms with Crippen molar-refractivity contribution in [2.75, 3.05) is 16.8 Å². The van der Waals surface area contributed by atoms with Gasteiger partial charge < -0.3 is 15.1 Å². The van der Waals surface area contributed by atoms with E-state index in [-0.39, 0.29) is 17.7 Å². The van der Waals surface area contributed by atoms with Crippen LogP contribution in [0.25, 0.3) is 0 Å². The van der Waals surface area contributed by atoms with Crippen molar-refractivity contribution in [2.45, 2.75) is 38.1 Å². The average Bonchev–Trinajstić information content (AvgIpc) is 3.33. The fourth-order valence-electron chi connectivity index (χ4n) is 4.81. The predicted molar refractivity (Wildman–Crippen MR) is 128 cm³/mol. The molecule has 1 aromatic heterocycles. The third-order valence-electron chi connectivity index (χ3n) is 6.29. The first kappa shape index (κ1) is 21.1. The molecule has 6 heteroatoms. The number of nitrogens with zero attached hydrogens (tertiary/aromatic N) is 1. The molecule has 6 nitrogen and oxygen atoms in total. The number of para-hydroxylation sites is 2. The van der Waals surface area contributed by atoms with Crippen LogP contribution in [0, 0.1) is 0 Å². The molecule has 0 radical (unpaired) electrons. The van der Waals surface area contributed by atoms with Crippen molar-refractivity contribution >= 4 is 23.2 Å². The lowest BCUT2D eigenvalue weighted by Crippen LogP contribution is -2.44. The van der Waals surface area contributed by atoms with Crippen molar-refractivity contribution in [1.82, 2.24) is 5.32 Å². The van der Waals surface area contributed by atoms with Crippen LogP contribution in [0.2, 0.25) is 0 Å². The number of nitrogens with one attached hydrogen (secondary N) is 2. The van der Waals surface area contributed by atoms with Gasteiger partial charge >= 0.3 is 6.03 Å². The summed E-state index contributed by atoms with van der Waals surface area (Å²) in [5, 5.41) is 6.54. The molecule has 1 aliphatic heterocycles. The van der Waals surface area contributed by atoms with Gasteiger partial charge in [-0.05, 0) is 42.7 Å². The van der Waals surface area contributed by atoms with Crippen molar-refractivity contribution in [3.63, 3.8) is 0 Å². The van der Waals surface area contributed by atoms with E-state index in [4.69, 9.17) is 4.42 Å². The molecule has 0 spiro atoms. The number of urea groups is 1. The highest BCUT2D eigenvalue weighted by atomic mass is 16.3. The number of ketones is 1. The number of furan rings is 1. The lowest BCUT2D eigenvalue weighted by Gasteiger charge is -2.34. The maximum Gasteiger partial charge on any atom is 0.322 e. The van der Waals surface area contributed by atoms with Gasteiger partial charge in [-0.2, -0.15) is 0 Å². The maximum atomic E-state index is 13.7. The molecular weight excluding hydrogens is 414 g/mol. The van der Waals surface area contributed by atoms with Crippen molar-refractivity contribution in [1.29, 1.82) is 0 Å². The second-order valence-corrected chi connectivity index (χ2v) is 8.49. The van der Waals surface area contributed by atoms with Crippen molar-refractivity contribution in [3.05, 3.63) is 95.6 Å². The van der Waals surface area contributed by atoms with Crippen LogP contribution in [0.3, 0.4) is 0 Å². The van der Waals surface area contributed by atoms with Gasteiger partial charge in [0.15, 0.2) is 5.78 Å². The number of allylic oxidation sites excluding steroid dienone is 1. The lowest BCUT2D eigenvalue weighted by atomic mass is 9.80. The zero-order valence-electron chi connectivity index (χ0n) is 18.6. The summed E-state index contributed by atoms with van der Waals surface area (Å²) < 4.78 is 5.64. The Morgan fingerprint density at radius 2 is 1.85 bits per heavy atom. The van der Waals surface area contributed by atoms with E-state index in [2.05, 4.69) is 10.6 Å². The third kappa shape index (κ3) is 3.93. The van der Waals surface area contributed by atoms with E-state index in [1.54, 1.807) is 11.2 Å². The molecule has 0 bridgehead atoms. The number of anilines is 2. The van der Waals surface area contributed by atoms with Crippen LogP contribution in [0.1, 0.15) is 49.5 Å². The SMILES string of the molecule is CCCNC(=O)N1c2ccccc2NC2=C(C(=O)CC(c3ccco3)C2)C1c1ccccc1. The van der Waals surface area contributed by atoms with E-state index in [9.17, 15) is 9.59 Å². The Morgan fingerprint density at radius 1 is 1.06 bits per heavy atom. The largest absolute Gasteiger partial charge is 0.469 e. The Labute approximate surface area is 193 Å². The number of hydrogen-bond acceptors (Lipinski definition) is 4. The molecule has 2 heterocycles. The highest BCUT2D eigenvalue weighted by Crippen LogP contribution is 2.47. The van der Waals surface area contributed by atoms with Gasteiger partial charge in [-0.1, -0.05) is 49.4 Å². The Kier molecular flexibility index (Phi) is 5.73. The quantitative estimate of drug-likeness (QED) is 0.539. The van der Waals surface area contributed by atoms with Gasteiger partial charge in [-0.15, -0.1) is 0 Å². The van der Waals surface area contributed by atoms with Gasteiger partial charge in [0, 0.05) is 30.2 Å². The molecule has 2 N–H and O–H groups in total. The summed E-state index contributed by atoms with van der Waals surface area (Å²) in [5.41, 5.74) is 3.95. The zero-order valence-corrected chi connectivity index (χ0v) is 18.6. The normalized spacial score (nSPS) is 19.9. The van der Waals surface area contributed by atoms with E-state index in [1.807, 2.05) is 73.7 Å². The second-order valence-electron chi connectivity index (χ2n) is 8.49. The Bertz CT molecular complexity index is 1180. The van der Waals surface area contributed by atoms with Gasteiger partial charge in [0.25, 0.3) is 0 Å². The number of hydrogen-bond donors (Lipinski definition) is 2. The molecule has 1 aliphatic carbocycles. The van der Waals surface area contributed by atoms with Gasteiger partial charge in [0.05, 0.1) is 23.7 Å². The summed E-state index contributed by atoms with van der Waals surface area (Å²) in [6, 6.07) is 20.6. The summed E-state index contributed by atoms with van der Waals surface area (Å²) in [6.07, 6.45) is 3.45. The number of rotatable bonds is 4. The monoisotopic (exact) mass is 441 g/mol. The van der Waals surface area contributed by atoms with Crippen molar-refractivity contribution < 1.29 is 14.0 Å².